The van der Waals surface area contributed by atoms with Gasteiger partial charge in [0.25, 0.3) is 0 Å². The van der Waals surface area contributed by atoms with Gasteiger partial charge >= 0.3 is 5.82 Å². The molecule has 0 saturated carbocycles. The summed E-state index contributed by atoms with van der Waals surface area (Å²) in [6.45, 7) is 7.14. The number of fused-ring (bicyclic) bond motifs is 2. The SMILES string of the molecule is [C-]#[N+]c1ccc2c(c1)C(c1ncnc3c1c([N+](=O)[O-])nn3C)C(=O)N2. The molecule has 1 aromatic carbocycles. The Bertz CT molecular complexity index is 1110. The Labute approximate surface area is 140 Å². The Morgan fingerprint density at radius 1 is 1.40 bits per heavy atom. The predicted octanol–water partition coefficient (Wildman–Crippen LogP) is 1.91. The van der Waals surface area contributed by atoms with Gasteiger partial charge in [0.1, 0.15) is 17.6 Å². The predicted molar refractivity (Wildman–Crippen MR) is 86.1 cm³/mol. The maximum absolute atomic E-state index is 12.5. The summed E-state index contributed by atoms with van der Waals surface area (Å²) in [6.07, 6.45) is 1.24. The monoisotopic (exact) mass is 335 g/mol. The summed E-state index contributed by atoms with van der Waals surface area (Å²) in [4.78, 5) is 34.8. The van der Waals surface area contributed by atoms with Crippen molar-refractivity contribution < 1.29 is 9.72 Å². The zero-order valence-electron chi connectivity index (χ0n) is 12.8. The van der Waals surface area contributed by atoms with Gasteiger partial charge in [-0.25, -0.2) is 14.8 Å². The maximum atomic E-state index is 12.5. The highest BCUT2D eigenvalue weighted by atomic mass is 16.6. The normalized spacial score (nSPS) is 15.7. The van der Waals surface area contributed by atoms with Crippen molar-refractivity contribution in [2.45, 2.75) is 5.92 Å². The molecular weight excluding hydrogens is 326 g/mol. The molecule has 0 spiro atoms. The molecule has 1 N–H and O–H groups in total. The Morgan fingerprint density at radius 2 is 2.20 bits per heavy atom. The van der Waals surface area contributed by atoms with Gasteiger partial charge in [-0.2, -0.15) is 4.68 Å². The number of carbonyl (C=O) groups excluding carboxylic acids is 1. The molecule has 1 aliphatic rings. The zero-order chi connectivity index (χ0) is 17.7. The molecule has 25 heavy (non-hydrogen) atoms. The van der Waals surface area contributed by atoms with Crippen molar-refractivity contribution in [2.24, 2.45) is 7.05 Å². The number of hydrogen-bond acceptors (Lipinski definition) is 6. The van der Waals surface area contributed by atoms with E-state index in [1.807, 2.05) is 0 Å². The maximum Gasteiger partial charge on any atom is 0.401 e. The number of carbonyl (C=O) groups is 1. The van der Waals surface area contributed by atoms with Crippen LogP contribution in [0, 0.1) is 16.7 Å². The highest BCUT2D eigenvalue weighted by Gasteiger charge is 2.37. The molecule has 1 atom stereocenters. The lowest BCUT2D eigenvalue weighted by molar-refractivity contribution is -0.388. The summed E-state index contributed by atoms with van der Waals surface area (Å²) in [5.41, 5.74) is 1.94. The second-order valence-electron chi connectivity index (χ2n) is 5.47. The molecular formula is C15H9N7O3. The van der Waals surface area contributed by atoms with Gasteiger partial charge in [-0.1, -0.05) is 12.1 Å². The van der Waals surface area contributed by atoms with Crippen molar-refractivity contribution in [1.29, 1.82) is 0 Å². The highest BCUT2D eigenvalue weighted by molar-refractivity contribution is 6.07. The van der Waals surface area contributed by atoms with Crippen LogP contribution in [0.2, 0.25) is 0 Å². The Hall–Kier alpha value is -3.87. The lowest BCUT2D eigenvalue weighted by Gasteiger charge is -2.09. The van der Waals surface area contributed by atoms with E-state index >= 15 is 0 Å². The van der Waals surface area contributed by atoms with Gasteiger partial charge in [0.05, 0.1) is 24.4 Å². The van der Waals surface area contributed by atoms with Crippen molar-refractivity contribution >= 4 is 34.1 Å². The third-order valence-corrected chi connectivity index (χ3v) is 4.07. The van der Waals surface area contributed by atoms with E-state index in [9.17, 15) is 14.9 Å². The van der Waals surface area contributed by atoms with E-state index in [-0.39, 0.29) is 22.6 Å². The minimum absolute atomic E-state index is 0.121. The molecule has 3 heterocycles. The van der Waals surface area contributed by atoms with Gasteiger partial charge in [0, 0.05) is 5.69 Å². The highest BCUT2D eigenvalue weighted by Crippen LogP contribution is 2.41. The molecule has 3 aromatic rings. The largest absolute Gasteiger partial charge is 0.401 e. The molecule has 1 unspecified atom stereocenters. The van der Waals surface area contributed by atoms with Gasteiger partial charge in [-0.3, -0.25) is 4.79 Å². The van der Waals surface area contributed by atoms with Crippen LogP contribution in [-0.4, -0.2) is 30.6 Å². The van der Waals surface area contributed by atoms with Crippen molar-refractivity contribution in [3.05, 3.63) is 57.3 Å². The van der Waals surface area contributed by atoms with Crippen LogP contribution >= 0.6 is 0 Å². The first-order valence-corrected chi connectivity index (χ1v) is 7.15. The molecule has 10 heteroatoms. The summed E-state index contributed by atoms with van der Waals surface area (Å²) < 4.78 is 1.28. The van der Waals surface area contributed by atoms with Gasteiger partial charge in [0.2, 0.25) is 5.91 Å². The van der Waals surface area contributed by atoms with Gasteiger partial charge in [-0.15, -0.1) is 0 Å². The van der Waals surface area contributed by atoms with Gasteiger partial charge in [-0.05, 0) is 16.6 Å². The van der Waals surface area contributed by atoms with Crippen LogP contribution in [0.3, 0.4) is 0 Å². The van der Waals surface area contributed by atoms with E-state index in [1.54, 1.807) is 18.2 Å². The number of aryl methyl sites for hydroxylation is 1. The van der Waals surface area contributed by atoms with Crippen molar-refractivity contribution in [1.82, 2.24) is 19.7 Å². The molecule has 0 fully saturated rings. The number of rotatable bonds is 2. The van der Waals surface area contributed by atoms with Crippen LogP contribution in [0.5, 0.6) is 0 Å². The van der Waals surface area contributed by atoms with E-state index in [2.05, 4.69) is 25.2 Å². The number of benzene rings is 1. The second-order valence-corrected chi connectivity index (χ2v) is 5.47. The minimum Gasteiger partial charge on any atom is -0.358 e. The Balaban J connectivity index is 2.02. The van der Waals surface area contributed by atoms with E-state index in [0.717, 1.165) is 0 Å². The first-order valence-electron chi connectivity index (χ1n) is 7.15. The van der Waals surface area contributed by atoms with Crippen molar-refractivity contribution in [3.8, 4) is 0 Å². The van der Waals surface area contributed by atoms with Crippen LogP contribution < -0.4 is 5.32 Å². The average Bonchev–Trinajstić information content (AvgIpc) is 3.11. The molecule has 10 nitrogen and oxygen atoms in total. The average molecular weight is 335 g/mol. The standard InChI is InChI=1S/C15H9N7O3/c1-16-7-3-4-9-8(5-7)10(15(23)19-9)12-11-13(18-6-17-12)21(2)20-14(11)22(24)25/h3-6,10H,2H3,(H,19,23). The topological polar surface area (TPSA) is 120 Å². The third kappa shape index (κ3) is 2.03. The van der Waals surface area contributed by atoms with Crippen LogP contribution in [0.25, 0.3) is 15.9 Å². The van der Waals surface area contributed by atoms with E-state index in [4.69, 9.17) is 6.57 Å². The summed E-state index contributed by atoms with van der Waals surface area (Å²) >= 11 is 0. The van der Waals surface area contributed by atoms with Crippen molar-refractivity contribution in [2.75, 3.05) is 5.32 Å². The number of amides is 1. The molecule has 1 amide bonds. The number of nitrogens with zero attached hydrogens (tertiary/aromatic N) is 6. The fourth-order valence-corrected chi connectivity index (χ4v) is 3.03. The van der Waals surface area contributed by atoms with E-state index in [1.165, 1.54) is 18.1 Å². The van der Waals surface area contributed by atoms with E-state index in [0.29, 0.717) is 16.9 Å². The number of anilines is 1. The molecule has 0 saturated heterocycles. The van der Waals surface area contributed by atoms with Crippen LogP contribution in [-0.2, 0) is 11.8 Å². The summed E-state index contributed by atoms with van der Waals surface area (Å²) in [5.74, 6) is -1.64. The van der Waals surface area contributed by atoms with Crippen molar-refractivity contribution in [3.63, 3.8) is 0 Å². The molecule has 122 valence electrons. The molecule has 4 rings (SSSR count). The lowest BCUT2D eigenvalue weighted by atomic mass is 9.94. The Morgan fingerprint density at radius 3 is 2.92 bits per heavy atom. The van der Waals surface area contributed by atoms with Crippen LogP contribution in [0.1, 0.15) is 17.2 Å². The number of nitrogens with one attached hydrogen (secondary N) is 1. The molecule has 0 radical (unpaired) electrons. The first-order chi connectivity index (χ1) is 12.0. The molecule has 0 aliphatic carbocycles. The smallest absolute Gasteiger partial charge is 0.358 e. The van der Waals surface area contributed by atoms with Crippen LogP contribution in [0.15, 0.2) is 24.5 Å². The summed E-state index contributed by atoms with van der Waals surface area (Å²) in [7, 11) is 1.53. The third-order valence-electron chi connectivity index (χ3n) is 4.07. The fourth-order valence-electron chi connectivity index (χ4n) is 3.03. The molecule has 1 aliphatic heterocycles. The zero-order valence-corrected chi connectivity index (χ0v) is 12.8. The second kappa shape index (κ2) is 5.07. The molecule has 2 aromatic heterocycles. The lowest BCUT2D eigenvalue weighted by Crippen LogP contribution is -2.15. The number of nitro groups is 1. The van der Waals surface area contributed by atoms with Gasteiger partial charge < -0.3 is 15.4 Å². The van der Waals surface area contributed by atoms with Crippen LogP contribution in [0.4, 0.5) is 17.2 Å². The van der Waals surface area contributed by atoms with Gasteiger partial charge in [0.15, 0.2) is 11.3 Å². The summed E-state index contributed by atoms with van der Waals surface area (Å²) in [5, 5.41) is 18.1. The molecule has 0 bridgehead atoms. The van der Waals surface area contributed by atoms with E-state index < -0.39 is 16.7 Å². The Kier molecular flexibility index (Phi) is 2.98. The quantitative estimate of drug-likeness (QED) is 0.434. The summed E-state index contributed by atoms with van der Waals surface area (Å²) in [6, 6.07) is 4.81. The fraction of sp³-hybridized carbons (Fsp3) is 0.133. The first kappa shape index (κ1) is 14.7. The minimum atomic E-state index is -0.870. The number of aromatic nitrogens is 4. The number of hydrogen-bond donors (Lipinski definition) is 1.